The van der Waals surface area contributed by atoms with Crippen molar-refractivity contribution in [1.29, 1.82) is 0 Å². The Morgan fingerprint density at radius 3 is 2.58 bits per heavy atom. The first-order valence-corrected chi connectivity index (χ1v) is 10.2. The molecule has 4 aromatic rings. The number of hydrogen-bond donors (Lipinski definition) is 0. The molecule has 26 heavy (non-hydrogen) atoms. The third kappa shape index (κ3) is 3.61. The molecule has 0 radical (unpaired) electrons. The van der Waals surface area contributed by atoms with Crippen LogP contribution >= 0.6 is 23.1 Å². The minimum atomic E-state index is 0.476. The van der Waals surface area contributed by atoms with Gasteiger partial charge in [-0.3, -0.25) is 4.57 Å². The third-order valence-corrected chi connectivity index (χ3v) is 5.54. The average Bonchev–Trinajstić information content (AvgIpc) is 3.38. The van der Waals surface area contributed by atoms with Gasteiger partial charge >= 0.3 is 0 Å². The highest BCUT2D eigenvalue weighted by Crippen LogP contribution is 2.30. The van der Waals surface area contributed by atoms with Crippen LogP contribution < -0.4 is 0 Å². The van der Waals surface area contributed by atoms with Crippen molar-refractivity contribution in [2.45, 2.75) is 31.3 Å². The van der Waals surface area contributed by atoms with Gasteiger partial charge in [-0.15, -0.1) is 21.5 Å². The summed E-state index contributed by atoms with van der Waals surface area (Å²) in [5, 5.41) is 12.5. The van der Waals surface area contributed by atoms with Gasteiger partial charge in [-0.2, -0.15) is 0 Å². The van der Waals surface area contributed by atoms with E-state index in [1.807, 2.05) is 24.3 Å². The summed E-state index contributed by atoms with van der Waals surface area (Å²) in [5.41, 5.74) is 1.00. The lowest BCUT2D eigenvalue weighted by Gasteiger charge is -2.11. The molecule has 0 spiro atoms. The summed E-state index contributed by atoms with van der Waals surface area (Å²) in [4.78, 5) is 4.64. The summed E-state index contributed by atoms with van der Waals surface area (Å²) in [6.07, 6.45) is 3.32. The molecule has 0 bridgehead atoms. The number of thioether (sulfide) groups is 1. The monoisotopic (exact) mass is 386 g/mol. The molecule has 0 fully saturated rings. The predicted molar refractivity (Wildman–Crippen MR) is 102 cm³/mol. The number of thiazole rings is 1. The van der Waals surface area contributed by atoms with Crippen molar-refractivity contribution in [2.75, 3.05) is 0 Å². The summed E-state index contributed by atoms with van der Waals surface area (Å²) in [7, 11) is 0. The smallest absolute Gasteiger partial charge is 0.200 e. The highest BCUT2D eigenvalue weighted by Gasteiger charge is 2.18. The Morgan fingerprint density at radius 2 is 1.88 bits per heavy atom. The molecule has 0 aromatic carbocycles. The minimum absolute atomic E-state index is 0.476. The van der Waals surface area contributed by atoms with Crippen LogP contribution in [0, 0.1) is 5.92 Å². The van der Waals surface area contributed by atoms with Crippen LogP contribution in [0.25, 0.3) is 22.4 Å². The normalized spacial score (nSPS) is 11.5. The fraction of sp³-hybridized carbons (Fsp3) is 0.278. The molecule has 134 valence electrons. The zero-order valence-electron chi connectivity index (χ0n) is 14.5. The first-order valence-electron chi connectivity index (χ1n) is 8.29. The van der Waals surface area contributed by atoms with Crippen LogP contribution in [-0.4, -0.2) is 19.7 Å². The van der Waals surface area contributed by atoms with Crippen LogP contribution in [0.15, 0.2) is 56.2 Å². The van der Waals surface area contributed by atoms with Crippen molar-refractivity contribution in [3.63, 3.8) is 0 Å². The molecule has 0 saturated heterocycles. The number of hydrogen-bond acceptors (Lipinski definition) is 7. The molecule has 0 N–H and O–H groups in total. The van der Waals surface area contributed by atoms with E-state index in [1.165, 1.54) is 0 Å². The van der Waals surface area contributed by atoms with E-state index < -0.39 is 0 Å². The number of nitrogens with zero attached hydrogens (tertiary/aromatic N) is 4. The molecule has 4 aromatic heterocycles. The Bertz CT molecular complexity index is 956. The Balaban J connectivity index is 1.53. The molecule has 4 heterocycles. The van der Waals surface area contributed by atoms with Crippen LogP contribution in [0.4, 0.5) is 0 Å². The predicted octanol–water partition coefficient (Wildman–Crippen LogP) is 5.20. The van der Waals surface area contributed by atoms with E-state index >= 15 is 0 Å². The first-order chi connectivity index (χ1) is 12.7. The van der Waals surface area contributed by atoms with Gasteiger partial charge in [-0.05, 0) is 30.2 Å². The highest BCUT2D eigenvalue weighted by molar-refractivity contribution is 7.98. The van der Waals surface area contributed by atoms with Crippen LogP contribution in [0.2, 0.25) is 0 Å². The topological polar surface area (TPSA) is 69.9 Å². The summed E-state index contributed by atoms with van der Waals surface area (Å²) < 4.78 is 13.0. The number of rotatable bonds is 7. The zero-order chi connectivity index (χ0) is 17.9. The molecular weight excluding hydrogens is 368 g/mol. The Kier molecular flexibility index (Phi) is 4.94. The van der Waals surface area contributed by atoms with Gasteiger partial charge in [0.15, 0.2) is 27.5 Å². The maximum absolute atomic E-state index is 5.51. The summed E-state index contributed by atoms with van der Waals surface area (Å²) in [6.45, 7) is 5.19. The number of furan rings is 2. The maximum Gasteiger partial charge on any atom is 0.200 e. The Hall–Kier alpha value is -2.32. The van der Waals surface area contributed by atoms with E-state index in [9.17, 15) is 0 Å². The molecule has 0 aliphatic rings. The lowest BCUT2D eigenvalue weighted by atomic mass is 10.2. The van der Waals surface area contributed by atoms with Crippen molar-refractivity contribution in [3.05, 3.63) is 47.9 Å². The van der Waals surface area contributed by atoms with E-state index in [1.54, 1.807) is 35.6 Å². The van der Waals surface area contributed by atoms with Gasteiger partial charge < -0.3 is 8.83 Å². The van der Waals surface area contributed by atoms with Crippen LogP contribution in [0.5, 0.6) is 0 Å². The largest absolute Gasteiger partial charge is 0.462 e. The lowest BCUT2D eigenvalue weighted by Crippen LogP contribution is -2.07. The van der Waals surface area contributed by atoms with E-state index in [0.29, 0.717) is 5.92 Å². The quantitative estimate of drug-likeness (QED) is 0.406. The van der Waals surface area contributed by atoms with E-state index in [0.717, 1.165) is 45.5 Å². The molecular formula is C18H18N4O2S2. The second-order valence-electron chi connectivity index (χ2n) is 6.20. The van der Waals surface area contributed by atoms with Gasteiger partial charge in [-0.1, -0.05) is 25.6 Å². The molecule has 0 aliphatic heterocycles. The zero-order valence-corrected chi connectivity index (χ0v) is 16.1. The number of aromatic nitrogens is 4. The molecule has 4 rings (SSSR count). The van der Waals surface area contributed by atoms with E-state index in [-0.39, 0.29) is 0 Å². The SMILES string of the molecule is CC(C)Cn1c(SCc2csc(-c3ccco3)n2)nnc1-c1ccco1. The van der Waals surface area contributed by atoms with Gasteiger partial charge in [0.25, 0.3) is 0 Å². The Labute approximate surface area is 159 Å². The van der Waals surface area contributed by atoms with Crippen molar-refractivity contribution in [3.8, 4) is 22.4 Å². The highest BCUT2D eigenvalue weighted by atomic mass is 32.2. The van der Waals surface area contributed by atoms with Crippen molar-refractivity contribution in [1.82, 2.24) is 19.7 Å². The molecule has 6 nitrogen and oxygen atoms in total. The van der Waals surface area contributed by atoms with Gasteiger partial charge in [0, 0.05) is 17.7 Å². The fourth-order valence-electron chi connectivity index (χ4n) is 2.54. The molecule has 0 atom stereocenters. The van der Waals surface area contributed by atoms with Crippen LogP contribution in [-0.2, 0) is 12.3 Å². The van der Waals surface area contributed by atoms with Gasteiger partial charge in [0.2, 0.25) is 0 Å². The molecule has 0 amide bonds. The third-order valence-electron chi connectivity index (χ3n) is 3.64. The second kappa shape index (κ2) is 7.51. The van der Waals surface area contributed by atoms with Gasteiger partial charge in [-0.25, -0.2) is 4.98 Å². The second-order valence-corrected chi connectivity index (χ2v) is 8.00. The minimum Gasteiger partial charge on any atom is -0.462 e. The van der Waals surface area contributed by atoms with Crippen LogP contribution in [0.1, 0.15) is 19.5 Å². The molecule has 0 unspecified atom stereocenters. The van der Waals surface area contributed by atoms with Crippen molar-refractivity contribution < 1.29 is 8.83 Å². The van der Waals surface area contributed by atoms with E-state index in [2.05, 4.69) is 39.0 Å². The molecule has 0 saturated carbocycles. The van der Waals surface area contributed by atoms with Crippen LogP contribution in [0.3, 0.4) is 0 Å². The van der Waals surface area contributed by atoms with Crippen molar-refractivity contribution >= 4 is 23.1 Å². The lowest BCUT2D eigenvalue weighted by molar-refractivity contribution is 0.489. The fourth-order valence-corrected chi connectivity index (χ4v) is 4.27. The molecule has 8 heteroatoms. The van der Waals surface area contributed by atoms with E-state index in [4.69, 9.17) is 8.83 Å². The van der Waals surface area contributed by atoms with Crippen molar-refractivity contribution in [2.24, 2.45) is 5.92 Å². The summed E-state index contributed by atoms with van der Waals surface area (Å²) >= 11 is 3.22. The first kappa shape index (κ1) is 17.1. The van der Waals surface area contributed by atoms with Gasteiger partial charge in [0.05, 0.1) is 18.2 Å². The standard InChI is InChI=1S/C18H18N4O2S2/c1-12(2)9-22-16(14-5-3-7-23-14)20-21-18(22)26-11-13-10-25-17(19-13)15-6-4-8-24-15/h3-8,10,12H,9,11H2,1-2H3. The summed E-state index contributed by atoms with van der Waals surface area (Å²) in [5.74, 6) is 3.50. The van der Waals surface area contributed by atoms with Gasteiger partial charge in [0.1, 0.15) is 0 Å². The summed E-state index contributed by atoms with van der Waals surface area (Å²) in [6, 6.07) is 7.56. The Morgan fingerprint density at radius 1 is 1.12 bits per heavy atom. The average molecular weight is 387 g/mol. The maximum atomic E-state index is 5.51. The molecule has 0 aliphatic carbocycles.